The number of hydrogen-bond donors (Lipinski definition) is 2. The van der Waals surface area contributed by atoms with Crippen LogP contribution in [0.25, 0.3) is 5.65 Å². The molecule has 108 valence electrons. The molecule has 3 N–H and O–H groups in total. The van der Waals surface area contributed by atoms with Gasteiger partial charge in [0.05, 0.1) is 6.04 Å². The molecular weight excluding hydrogens is 258 g/mol. The van der Waals surface area contributed by atoms with Gasteiger partial charge >= 0.3 is 0 Å². The van der Waals surface area contributed by atoms with E-state index in [1.807, 2.05) is 28.8 Å². The van der Waals surface area contributed by atoms with Crippen molar-refractivity contribution in [1.82, 2.24) is 19.9 Å². The first-order valence-electron chi connectivity index (χ1n) is 6.53. The highest BCUT2D eigenvalue weighted by molar-refractivity contribution is 5.81. The first-order chi connectivity index (χ1) is 9.72. The number of fused-ring (bicyclic) bond motifs is 1. The zero-order valence-corrected chi connectivity index (χ0v) is 11.5. The fourth-order valence-corrected chi connectivity index (χ4v) is 1.87. The second-order valence-corrected chi connectivity index (χ2v) is 4.47. The van der Waals surface area contributed by atoms with Crippen molar-refractivity contribution in [3.05, 3.63) is 30.2 Å². The lowest BCUT2D eigenvalue weighted by atomic mass is 10.2. The molecular formula is C13H19N5O2. The topological polar surface area (TPSA) is 94.5 Å². The smallest absolute Gasteiger partial charge is 0.237 e. The van der Waals surface area contributed by atoms with Crippen LogP contribution in [-0.4, -0.2) is 46.8 Å². The Morgan fingerprint density at radius 2 is 2.35 bits per heavy atom. The maximum absolute atomic E-state index is 11.7. The number of amides is 1. The van der Waals surface area contributed by atoms with Crippen LogP contribution in [0.2, 0.25) is 0 Å². The molecule has 2 heterocycles. The Morgan fingerprint density at radius 3 is 3.15 bits per heavy atom. The Hall–Kier alpha value is -1.99. The minimum absolute atomic E-state index is 0.170. The molecule has 0 saturated heterocycles. The lowest BCUT2D eigenvalue weighted by Crippen LogP contribution is -2.42. The van der Waals surface area contributed by atoms with Crippen molar-refractivity contribution < 1.29 is 9.53 Å². The molecule has 0 aliphatic carbocycles. The molecule has 0 aromatic carbocycles. The van der Waals surface area contributed by atoms with Crippen LogP contribution in [0.1, 0.15) is 12.2 Å². The van der Waals surface area contributed by atoms with Gasteiger partial charge in [0, 0.05) is 32.9 Å². The highest BCUT2D eigenvalue weighted by atomic mass is 16.5. The summed E-state index contributed by atoms with van der Waals surface area (Å²) in [5.41, 5.74) is 6.52. The average molecular weight is 277 g/mol. The molecule has 0 spiro atoms. The molecule has 0 radical (unpaired) electrons. The van der Waals surface area contributed by atoms with Gasteiger partial charge in [0.15, 0.2) is 5.65 Å². The third-order valence-corrected chi connectivity index (χ3v) is 3.00. The summed E-state index contributed by atoms with van der Waals surface area (Å²) < 4.78 is 6.79. The molecule has 7 nitrogen and oxygen atoms in total. The number of nitrogens with one attached hydrogen (secondary N) is 1. The van der Waals surface area contributed by atoms with E-state index in [1.54, 1.807) is 7.11 Å². The number of carbonyl (C=O) groups excluding carboxylic acids is 1. The predicted octanol–water partition coefficient (Wildman–Crippen LogP) is -0.248. The molecule has 0 saturated carbocycles. The van der Waals surface area contributed by atoms with Crippen LogP contribution in [0, 0.1) is 0 Å². The molecule has 1 atom stereocenters. The third-order valence-electron chi connectivity index (χ3n) is 3.00. The lowest BCUT2D eigenvalue weighted by molar-refractivity contribution is -0.122. The fraction of sp³-hybridized carbons (Fsp3) is 0.462. The van der Waals surface area contributed by atoms with Gasteiger partial charge in [0.2, 0.25) is 5.91 Å². The van der Waals surface area contributed by atoms with Gasteiger partial charge in [-0.2, -0.15) is 0 Å². The van der Waals surface area contributed by atoms with Gasteiger partial charge in [0.1, 0.15) is 5.82 Å². The molecule has 2 aromatic heterocycles. The minimum Gasteiger partial charge on any atom is -0.385 e. The van der Waals surface area contributed by atoms with Crippen LogP contribution in [0.4, 0.5) is 0 Å². The van der Waals surface area contributed by atoms with E-state index in [1.165, 1.54) is 0 Å². The van der Waals surface area contributed by atoms with Crippen LogP contribution in [0.3, 0.4) is 0 Å². The zero-order chi connectivity index (χ0) is 14.4. The number of hydrogen-bond acceptors (Lipinski definition) is 5. The Labute approximate surface area is 117 Å². The summed E-state index contributed by atoms with van der Waals surface area (Å²) in [6.45, 7) is 0.957. The largest absolute Gasteiger partial charge is 0.385 e. The second kappa shape index (κ2) is 6.97. The van der Waals surface area contributed by atoms with Crippen molar-refractivity contribution in [1.29, 1.82) is 0 Å². The Bertz CT molecular complexity index is 569. The molecule has 0 bridgehead atoms. The summed E-state index contributed by atoms with van der Waals surface area (Å²) in [5.74, 6) is 0.641. The van der Waals surface area contributed by atoms with E-state index in [0.717, 1.165) is 11.5 Å². The summed E-state index contributed by atoms with van der Waals surface area (Å²) in [5, 5.41) is 10.9. The maximum atomic E-state index is 11.7. The number of aromatic nitrogens is 3. The van der Waals surface area contributed by atoms with E-state index in [9.17, 15) is 4.79 Å². The number of nitrogens with zero attached hydrogens (tertiary/aromatic N) is 3. The van der Waals surface area contributed by atoms with Crippen LogP contribution in [0.15, 0.2) is 24.4 Å². The first kappa shape index (κ1) is 14.4. The highest BCUT2D eigenvalue weighted by Gasteiger charge is 2.12. The maximum Gasteiger partial charge on any atom is 0.237 e. The molecule has 20 heavy (non-hydrogen) atoms. The standard InChI is InChI=1S/C13H19N5O2/c1-20-9-6-10(14)13(19)15-7-5-12-17-16-11-4-2-3-8-18(11)12/h2-4,8,10H,5-7,9,14H2,1H3,(H,15,19). The van der Waals surface area contributed by atoms with E-state index in [2.05, 4.69) is 15.5 Å². The van der Waals surface area contributed by atoms with Gasteiger partial charge < -0.3 is 15.8 Å². The number of ether oxygens (including phenoxy) is 1. The van der Waals surface area contributed by atoms with E-state index < -0.39 is 6.04 Å². The van der Waals surface area contributed by atoms with Crippen molar-refractivity contribution >= 4 is 11.6 Å². The van der Waals surface area contributed by atoms with Crippen LogP contribution >= 0.6 is 0 Å². The minimum atomic E-state index is -0.537. The average Bonchev–Trinajstić information content (AvgIpc) is 2.88. The summed E-state index contributed by atoms with van der Waals surface area (Å²) in [6.07, 6.45) is 3.01. The summed E-state index contributed by atoms with van der Waals surface area (Å²) in [6, 6.07) is 5.17. The Kier molecular flexibility index (Phi) is 5.03. The van der Waals surface area contributed by atoms with E-state index in [0.29, 0.717) is 26.0 Å². The quantitative estimate of drug-likeness (QED) is 0.728. The van der Waals surface area contributed by atoms with Gasteiger partial charge in [0.25, 0.3) is 0 Å². The van der Waals surface area contributed by atoms with E-state index in [-0.39, 0.29) is 5.91 Å². The van der Waals surface area contributed by atoms with Crippen molar-refractivity contribution in [2.24, 2.45) is 5.73 Å². The van der Waals surface area contributed by atoms with Gasteiger partial charge in [-0.05, 0) is 18.6 Å². The predicted molar refractivity (Wildman–Crippen MR) is 74.2 cm³/mol. The number of carbonyl (C=O) groups is 1. The Morgan fingerprint density at radius 1 is 1.50 bits per heavy atom. The first-order valence-corrected chi connectivity index (χ1v) is 6.53. The summed E-state index contributed by atoms with van der Waals surface area (Å²) in [7, 11) is 1.58. The number of pyridine rings is 1. The van der Waals surface area contributed by atoms with Crippen molar-refractivity contribution in [2.45, 2.75) is 18.9 Å². The molecule has 2 rings (SSSR count). The summed E-state index contributed by atoms with van der Waals surface area (Å²) >= 11 is 0. The SMILES string of the molecule is COCCC(N)C(=O)NCCc1nnc2ccccn12. The van der Waals surface area contributed by atoms with Gasteiger partial charge in [-0.25, -0.2) is 0 Å². The zero-order valence-electron chi connectivity index (χ0n) is 11.5. The molecule has 0 aliphatic heterocycles. The third kappa shape index (κ3) is 3.52. The van der Waals surface area contributed by atoms with Crippen molar-refractivity contribution in [2.75, 3.05) is 20.3 Å². The van der Waals surface area contributed by atoms with Crippen LogP contribution in [-0.2, 0) is 16.0 Å². The number of rotatable bonds is 7. The fourth-order valence-electron chi connectivity index (χ4n) is 1.87. The van der Waals surface area contributed by atoms with Crippen LogP contribution in [0.5, 0.6) is 0 Å². The van der Waals surface area contributed by atoms with Crippen molar-refractivity contribution in [3.63, 3.8) is 0 Å². The molecule has 0 fully saturated rings. The lowest BCUT2D eigenvalue weighted by Gasteiger charge is -2.11. The summed E-state index contributed by atoms with van der Waals surface area (Å²) in [4.78, 5) is 11.7. The van der Waals surface area contributed by atoms with Gasteiger partial charge in [-0.3, -0.25) is 9.20 Å². The monoisotopic (exact) mass is 277 g/mol. The molecule has 1 amide bonds. The van der Waals surface area contributed by atoms with Gasteiger partial charge in [-0.15, -0.1) is 10.2 Å². The van der Waals surface area contributed by atoms with Crippen molar-refractivity contribution in [3.8, 4) is 0 Å². The van der Waals surface area contributed by atoms with Crippen LogP contribution < -0.4 is 11.1 Å². The number of nitrogens with two attached hydrogens (primary N) is 1. The highest BCUT2D eigenvalue weighted by Crippen LogP contribution is 2.02. The molecule has 7 heteroatoms. The number of methoxy groups -OCH3 is 1. The van der Waals surface area contributed by atoms with E-state index >= 15 is 0 Å². The molecule has 1 unspecified atom stereocenters. The van der Waals surface area contributed by atoms with E-state index in [4.69, 9.17) is 10.5 Å². The Balaban J connectivity index is 1.82. The molecule has 2 aromatic rings. The van der Waals surface area contributed by atoms with Gasteiger partial charge in [-0.1, -0.05) is 6.07 Å². The normalized spacial score (nSPS) is 12.5. The molecule has 0 aliphatic rings. The second-order valence-electron chi connectivity index (χ2n) is 4.47.